The standard InChI is InChI=1S/C32H36N2O/c33-30(21-26-13-5-1-6-14-26)23-32(35)31(22-27-15-7-2-8-16-27)34(24-28-17-9-3-10-18-28)25-29-19-11-4-12-20-29/h1-20,30-32,35H,21-25,33H2/t30-,31-,32-/m0/s1. The second-order valence-corrected chi connectivity index (χ2v) is 9.39. The highest BCUT2D eigenvalue weighted by molar-refractivity contribution is 5.20. The van der Waals surface area contributed by atoms with Crippen LogP contribution in [0.25, 0.3) is 0 Å². The zero-order valence-corrected chi connectivity index (χ0v) is 20.3. The molecule has 0 aliphatic heterocycles. The van der Waals surface area contributed by atoms with Crippen molar-refractivity contribution in [1.29, 1.82) is 0 Å². The number of aliphatic hydroxyl groups is 1. The molecular formula is C32H36N2O. The lowest BCUT2D eigenvalue weighted by Gasteiger charge is -2.36. The van der Waals surface area contributed by atoms with Crippen LogP contribution in [-0.4, -0.2) is 28.2 Å². The number of rotatable bonds is 12. The predicted molar refractivity (Wildman–Crippen MR) is 145 cm³/mol. The van der Waals surface area contributed by atoms with Crippen molar-refractivity contribution in [3.8, 4) is 0 Å². The van der Waals surface area contributed by atoms with Crippen LogP contribution < -0.4 is 5.73 Å². The van der Waals surface area contributed by atoms with Gasteiger partial charge in [0.25, 0.3) is 0 Å². The average molecular weight is 465 g/mol. The summed E-state index contributed by atoms with van der Waals surface area (Å²) in [7, 11) is 0. The van der Waals surface area contributed by atoms with Gasteiger partial charge >= 0.3 is 0 Å². The van der Waals surface area contributed by atoms with Crippen molar-refractivity contribution in [1.82, 2.24) is 4.90 Å². The molecule has 0 saturated heterocycles. The van der Waals surface area contributed by atoms with Crippen LogP contribution in [0.1, 0.15) is 28.7 Å². The van der Waals surface area contributed by atoms with E-state index in [9.17, 15) is 5.11 Å². The van der Waals surface area contributed by atoms with E-state index in [0.29, 0.717) is 6.42 Å². The van der Waals surface area contributed by atoms with Gasteiger partial charge in [0.05, 0.1) is 6.10 Å². The first kappa shape index (κ1) is 24.9. The summed E-state index contributed by atoms with van der Waals surface area (Å²) in [6, 6.07) is 41.6. The van der Waals surface area contributed by atoms with Crippen LogP contribution in [0, 0.1) is 0 Å². The van der Waals surface area contributed by atoms with E-state index in [4.69, 9.17) is 5.73 Å². The molecule has 180 valence electrons. The molecule has 4 aromatic carbocycles. The molecule has 0 saturated carbocycles. The molecule has 3 N–H and O–H groups in total. The maximum Gasteiger partial charge on any atom is 0.0713 e. The molecule has 0 aliphatic rings. The number of hydrogen-bond donors (Lipinski definition) is 2. The molecule has 3 heteroatoms. The van der Waals surface area contributed by atoms with E-state index in [1.54, 1.807) is 0 Å². The Morgan fingerprint density at radius 3 is 1.34 bits per heavy atom. The van der Waals surface area contributed by atoms with E-state index in [0.717, 1.165) is 25.9 Å². The summed E-state index contributed by atoms with van der Waals surface area (Å²) >= 11 is 0. The molecule has 0 fully saturated rings. The van der Waals surface area contributed by atoms with Gasteiger partial charge in [0.2, 0.25) is 0 Å². The molecule has 3 nitrogen and oxygen atoms in total. The smallest absolute Gasteiger partial charge is 0.0713 e. The van der Waals surface area contributed by atoms with Crippen molar-refractivity contribution >= 4 is 0 Å². The first-order chi connectivity index (χ1) is 17.2. The highest BCUT2D eigenvalue weighted by Crippen LogP contribution is 2.22. The number of hydrogen-bond acceptors (Lipinski definition) is 3. The summed E-state index contributed by atoms with van der Waals surface area (Å²) in [5.41, 5.74) is 11.5. The number of nitrogens with zero attached hydrogens (tertiary/aromatic N) is 1. The van der Waals surface area contributed by atoms with Gasteiger partial charge in [0.1, 0.15) is 0 Å². The van der Waals surface area contributed by atoms with E-state index < -0.39 is 6.10 Å². The number of benzene rings is 4. The van der Waals surface area contributed by atoms with Crippen LogP contribution in [-0.2, 0) is 25.9 Å². The van der Waals surface area contributed by atoms with E-state index in [-0.39, 0.29) is 12.1 Å². The fourth-order valence-corrected chi connectivity index (χ4v) is 4.76. The first-order valence-electron chi connectivity index (χ1n) is 12.5. The van der Waals surface area contributed by atoms with E-state index in [1.807, 2.05) is 36.4 Å². The SMILES string of the molecule is N[C@@H](Cc1ccccc1)C[C@H](O)[C@H](Cc1ccccc1)N(Cc1ccccc1)Cc1ccccc1. The molecule has 0 aliphatic carbocycles. The Morgan fingerprint density at radius 2 is 0.914 bits per heavy atom. The molecule has 35 heavy (non-hydrogen) atoms. The lowest BCUT2D eigenvalue weighted by molar-refractivity contribution is 0.0301. The number of aliphatic hydroxyl groups excluding tert-OH is 1. The summed E-state index contributed by atoms with van der Waals surface area (Å²) in [4.78, 5) is 2.41. The third kappa shape index (κ3) is 7.90. The van der Waals surface area contributed by atoms with Crippen LogP contribution >= 0.6 is 0 Å². The first-order valence-corrected chi connectivity index (χ1v) is 12.5. The van der Waals surface area contributed by atoms with Crippen molar-refractivity contribution in [3.05, 3.63) is 144 Å². The van der Waals surface area contributed by atoms with Crippen molar-refractivity contribution in [3.63, 3.8) is 0 Å². The Labute approximate surface area is 209 Å². The molecular weight excluding hydrogens is 428 g/mol. The Hall–Kier alpha value is -3.24. The molecule has 0 amide bonds. The maximum absolute atomic E-state index is 11.6. The summed E-state index contributed by atoms with van der Waals surface area (Å²) in [6.45, 7) is 1.52. The van der Waals surface area contributed by atoms with Crippen LogP contribution in [0.4, 0.5) is 0 Å². The predicted octanol–water partition coefficient (Wildman–Crippen LogP) is 5.62. The quantitative estimate of drug-likeness (QED) is 0.286. The molecule has 0 bridgehead atoms. The van der Waals surface area contributed by atoms with E-state index in [1.165, 1.54) is 22.3 Å². The molecule has 4 aromatic rings. The topological polar surface area (TPSA) is 49.5 Å². The van der Waals surface area contributed by atoms with Gasteiger partial charge in [-0.2, -0.15) is 0 Å². The second kappa shape index (κ2) is 13.0. The number of nitrogens with two attached hydrogens (primary N) is 1. The van der Waals surface area contributed by atoms with Crippen LogP contribution in [0.5, 0.6) is 0 Å². The van der Waals surface area contributed by atoms with Crippen LogP contribution in [0.15, 0.2) is 121 Å². The minimum Gasteiger partial charge on any atom is -0.391 e. The third-order valence-electron chi connectivity index (χ3n) is 6.54. The molecule has 0 heterocycles. The summed E-state index contributed by atoms with van der Waals surface area (Å²) in [5.74, 6) is 0. The Balaban J connectivity index is 1.58. The lowest BCUT2D eigenvalue weighted by Crippen LogP contribution is -2.46. The second-order valence-electron chi connectivity index (χ2n) is 9.39. The van der Waals surface area contributed by atoms with Gasteiger partial charge in [-0.25, -0.2) is 0 Å². The Kier molecular flexibility index (Phi) is 9.24. The minimum absolute atomic E-state index is 0.0698. The Bertz CT molecular complexity index is 1060. The molecule has 0 radical (unpaired) electrons. The monoisotopic (exact) mass is 464 g/mol. The zero-order chi connectivity index (χ0) is 24.3. The van der Waals surface area contributed by atoms with E-state index >= 15 is 0 Å². The molecule has 0 spiro atoms. The van der Waals surface area contributed by atoms with Gasteiger partial charge < -0.3 is 10.8 Å². The summed E-state index contributed by atoms with van der Waals surface area (Å²) in [6.07, 6.45) is 1.51. The van der Waals surface area contributed by atoms with Crippen molar-refractivity contribution < 1.29 is 5.11 Å². The van der Waals surface area contributed by atoms with Crippen molar-refractivity contribution in [2.45, 2.75) is 50.5 Å². The highest BCUT2D eigenvalue weighted by Gasteiger charge is 2.28. The van der Waals surface area contributed by atoms with Gasteiger partial charge in [-0.15, -0.1) is 0 Å². The summed E-state index contributed by atoms with van der Waals surface area (Å²) in [5, 5.41) is 11.6. The largest absolute Gasteiger partial charge is 0.391 e. The van der Waals surface area contributed by atoms with Gasteiger partial charge in [-0.05, 0) is 41.5 Å². The van der Waals surface area contributed by atoms with Crippen LogP contribution in [0.3, 0.4) is 0 Å². The minimum atomic E-state index is -0.554. The van der Waals surface area contributed by atoms with Gasteiger partial charge in [-0.3, -0.25) is 4.90 Å². The fourth-order valence-electron chi connectivity index (χ4n) is 4.76. The Morgan fingerprint density at radius 1 is 0.543 bits per heavy atom. The van der Waals surface area contributed by atoms with Crippen molar-refractivity contribution in [2.24, 2.45) is 5.73 Å². The zero-order valence-electron chi connectivity index (χ0n) is 20.3. The highest BCUT2D eigenvalue weighted by atomic mass is 16.3. The average Bonchev–Trinajstić information content (AvgIpc) is 2.89. The normalized spacial score (nSPS) is 13.9. The molecule has 0 aromatic heterocycles. The van der Waals surface area contributed by atoms with Gasteiger partial charge in [0, 0.05) is 25.2 Å². The lowest BCUT2D eigenvalue weighted by atomic mass is 9.92. The molecule has 3 atom stereocenters. The maximum atomic E-state index is 11.6. The van der Waals surface area contributed by atoms with Gasteiger partial charge in [-0.1, -0.05) is 121 Å². The third-order valence-corrected chi connectivity index (χ3v) is 6.54. The van der Waals surface area contributed by atoms with E-state index in [2.05, 4.69) is 89.8 Å². The van der Waals surface area contributed by atoms with Crippen molar-refractivity contribution in [2.75, 3.05) is 0 Å². The molecule has 4 rings (SSSR count). The van der Waals surface area contributed by atoms with Crippen LogP contribution in [0.2, 0.25) is 0 Å². The molecule has 0 unspecified atom stereocenters. The van der Waals surface area contributed by atoms with Gasteiger partial charge in [0.15, 0.2) is 0 Å². The fraction of sp³-hybridized carbons (Fsp3) is 0.250. The summed E-state index contributed by atoms with van der Waals surface area (Å²) < 4.78 is 0.